The van der Waals surface area contributed by atoms with E-state index in [9.17, 15) is 19.2 Å². The standard InChI is InChI=1S/C14H25N3O5/c1-17(2)13(20)10-12(19)15-8-5-3-4-6-11(18)16-9-7-14(21)22/h3-10H2,1-2H3,(H,15,19)(H,16,18)(H,21,22). The van der Waals surface area contributed by atoms with Gasteiger partial charge in [0.1, 0.15) is 6.42 Å². The van der Waals surface area contributed by atoms with Gasteiger partial charge >= 0.3 is 5.97 Å². The molecule has 0 aliphatic rings. The predicted octanol–water partition coefficient (Wildman–Crippen LogP) is -0.268. The molecular formula is C14H25N3O5. The molecule has 3 amide bonds. The molecule has 22 heavy (non-hydrogen) atoms. The van der Waals surface area contributed by atoms with Crippen LogP contribution in [0.15, 0.2) is 0 Å². The summed E-state index contributed by atoms with van der Waals surface area (Å²) < 4.78 is 0. The van der Waals surface area contributed by atoms with Crippen molar-refractivity contribution in [1.29, 1.82) is 0 Å². The molecule has 0 unspecified atom stereocenters. The highest BCUT2D eigenvalue weighted by Crippen LogP contribution is 1.99. The van der Waals surface area contributed by atoms with E-state index in [-0.39, 0.29) is 37.1 Å². The van der Waals surface area contributed by atoms with E-state index in [1.807, 2.05) is 0 Å². The third kappa shape index (κ3) is 11.7. The lowest BCUT2D eigenvalue weighted by Crippen LogP contribution is -2.31. The lowest BCUT2D eigenvalue weighted by molar-refractivity contribution is -0.137. The minimum atomic E-state index is -0.941. The van der Waals surface area contributed by atoms with Crippen molar-refractivity contribution in [3.05, 3.63) is 0 Å². The first-order valence-electron chi connectivity index (χ1n) is 7.28. The molecule has 3 N–H and O–H groups in total. The first-order valence-corrected chi connectivity index (χ1v) is 7.28. The molecule has 0 heterocycles. The van der Waals surface area contributed by atoms with E-state index in [0.717, 1.165) is 12.8 Å². The number of aliphatic carboxylic acids is 1. The molecule has 0 saturated heterocycles. The molecule has 0 aliphatic carbocycles. The molecule has 8 heteroatoms. The molecule has 0 rings (SSSR count). The highest BCUT2D eigenvalue weighted by atomic mass is 16.4. The van der Waals surface area contributed by atoms with Crippen LogP contribution in [0.3, 0.4) is 0 Å². The van der Waals surface area contributed by atoms with Crippen LogP contribution in [-0.4, -0.2) is 60.9 Å². The van der Waals surface area contributed by atoms with Gasteiger partial charge in [0.25, 0.3) is 0 Å². The average Bonchev–Trinajstić information content (AvgIpc) is 2.41. The third-order valence-electron chi connectivity index (χ3n) is 2.87. The first kappa shape index (κ1) is 19.9. The summed E-state index contributed by atoms with van der Waals surface area (Å²) in [5, 5.41) is 13.6. The topological polar surface area (TPSA) is 116 Å². The second-order valence-electron chi connectivity index (χ2n) is 5.12. The van der Waals surface area contributed by atoms with Crippen molar-refractivity contribution in [1.82, 2.24) is 15.5 Å². The van der Waals surface area contributed by atoms with Crippen LogP contribution in [0.5, 0.6) is 0 Å². The van der Waals surface area contributed by atoms with Crippen molar-refractivity contribution in [2.24, 2.45) is 0 Å². The number of carboxylic acid groups (broad SMARTS) is 1. The summed E-state index contributed by atoms with van der Waals surface area (Å²) in [5.74, 6) is -1.65. The molecule has 0 saturated carbocycles. The third-order valence-corrected chi connectivity index (χ3v) is 2.87. The molecule has 0 fully saturated rings. The molecule has 0 spiro atoms. The Bertz CT molecular complexity index is 396. The quantitative estimate of drug-likeness (QED) is 0.358. The van der Waals surface area contributed by atoms with E-state index in [1.165, 1.54) is 4.90 Å². The minimum Gasteiger partial charge on any atom is -0.481 e. The van der Waals surface area contributed by atoms with Gasteiger partial charge in [-0.2, -0.15) is 0 Å². The Hall–Kier alpha value is -2.12. The van der Waals surface area contributed by atoms with Crippen molar-refractivity contribution in [2.75, 3.05) is 27.2 Å². The van der Waals surface area contributed by atoms with Crippen molar-refractivity contribution >= 4 is 23.7 Å². The summed E-state index contributed by atoms with van der Waals surface area (Å²) in [6, 6.07) is 0. The first-order chi connectivity index (χ1) is 10.3. The summed E-state index contributed by atoms with van der Waals surface area (Å²) in [4.78, 5) is 45.6. The number of nitrogens with zero attached hydrogens (tertiary/aromatic N) is 1. The maximum atomic E-state index is 11.4. The number of carbonyl (C=O) groups is 4. The molecule has 0 radical (unpaired) electrons. The molecule has 8 nitrogen and oxygen atoms in total. The van der Waals surface area contributed by atoms with Gasteiger partial charge in [-0.15, -0.1) is 0 Å². The summed E-state index contributed by atoms with van der Waals surface area (Å²) in [7, 11) is 3.19. The van der Waals surface area contributed by atoms with Crippen LogP contribution < -0.4 is 10.6 Å². The summed E-state index contributed by atoms with van der Waals surface area (Å²) in [5.41, 5.74) is 0. The highest BCUT2D eigenvalue weighted by molar-refractivity contribution is 5.96. The summed E-state index contributed by atoms with van der Waals surface area (Å²) in [6.45, 7) is 0.615. The molecule has 0 aromatic heterocycles. The smallest absolute Gasteiger partial charge is 0.305 e. The molecule has 0 aromatic rings. The lowest BCUT2D eigenvalue weighted by Gasteiger charge is -2.10. The van der Waals surface area contributed by atoms with Crippen LogP contribution >= 0.6 is 0 Å². The fourth-order valence-electron chi connectivity index (χ4n) is 1.57. The van der Waals surface area contributed by atoms with Crippen LogP contribution in [0.4, 0.5) is 0 Å². The van der Waals surface area contributed by atoms with Gasteiger partial charge in [-0.05, 0) is 12.8 Å². The zero-order valence-corrected chi connectivity index (χ0v) is 13.2. The van der Waals surface area contributed by atoms with Crippen LogP contribution in [-0.2, 0) is 19.2 Å². The number of unbranched alkanes of at least 4 members (excludes halogenated alkanes) is 2. The van der Waals surface area contributed by atoms with Gasteiger partial charge in [0, 0.05) is 33.6 Å². The van der Waals surface area contributed by atoms with Gasteiger partial charge in [-0.25, -0.2) is 0 Å². The van der Waals surface area contributed by atoms with Gasteiger partial charge in [0.05, 0.1) is 6.42 Å². The largest absolute Gasteiger partial charge is 0.481 e. The zero-order valence-electron chi connectivity index (χ0n) is 13.2. The SMILES string of the molecule is CN(C)C(=O)CC(=O)NCCCCCC(=O)NCCC(=O)O. The number of hydrogen-bond donors (Lipinski definition) is 3. The highest BCUT2D eigenvalue weighted by Gasteiger charge is 2.10. The fourth-order valence-corrected chi connectivity index (χ4v) is 1.57. The summed E-state index contributed by atoms with van der Waals surface area (Å²) >= 11 is 0. The monoisotopic (exact) mass is 315 g/mol. The lowest BCUT2D eigenvalue weighted by atomic mass is 10.2. The Balaban J connectivity index is 3.50. The van der Waals surface area contributed by atoms with Gasteiger partial charge in [-0.3, -0.25) is 19.2 Å². The van der Waals surface area contributed by atoms with Crippen LogP contribution in [0, 0.1) is 0 Å². The van der Waals surface area contributed by atoms with Crippen molar-refractivity contribution in [2.45, 2.75) is 38.5 Å². The molecule has 0 aromatic carbocycles. The van der Waals surface area contributed by atoms with E-state index in [2.05, 4.69) is 10.6 Å². The van der Waals surface area contributed by atoms with Crippen LogP contribution in [0.2, 0.25) is 0 Å². The molecule has 0 aliphatic heterocycles. The number of carbonyl (C=O) groups excluding carboxylic acids is 3. The number of carboxylic acids is 1. The molecular weight excluding hydrogens is 290 g/mol. The molecule has 0 atom stereocenters. The van der Waals surface area contributed by atoms with Crippen molar-refractivity contribution in [3.63, 3.8) is 0 Å². The fraction of sp³-hybridized carbons (Fsp3) is 0.714. The van der Waals surface area contributed by atoms with Crippen LogP contribution in [0.25, 0.3) is 0 Å². The number of amides is 3. The Morgan fingerprint density at radius 3 is 2.09 bits per heavy atom. The number of hydrogen-bond acceptors (Lipinski definition) is 4. The van der Waals surface area contributed by atoms with Gasteiger partial charge in [-0.1, -0.05) is 6.42 Å². The van der Waals surface area contributed by atoms with Gasteiger partial charge in [0.2, 0.25) is 17.7 Å². The normalized spacial score (nSPS) is 9.91. The predicted molar refractivity (Wildman–Crippen MR) is 80.1 cm³/mol. The van der Waals surface area contributed by atoms with E-state index in [1.54, 1.807) is 14.1 Å². The van der Waals surface area contributed by atoms with Crippen molar-refractivity contribution in [3.8, 4) is 0 Å². The van der Waals surface area contributed by atoms with Crippen LogP contribution in [0.1, 0.15) is 38.5 Å². The Morgan fingerprint density at radius 1 is 0.864 bits per heavy atom. The second-order valence-corrected chi connectivity index (χ2v) is 5.12. The number of nitrogens with one attached hydrogen (secondary N) is 2. The van der Waals surface area contributed by atoms with Crippen molar-refractivity contribution < 1.29 is 24.3 Å². The van der Waals surface area contributed by atoms with Gasteiger partial charge in [0.15, 0.2) is 0 Å². The maximum absolute atomic E-state index is 11.4. The van der Waals surface area contributed by atoms with E-state index >= 15 is 0 Å². The zero-order chi connectivity index (χ0) is 17.0. The Labute approximate surface area is 130 Å². The average molecular weight is 315 g/mol. The van der Waals surface area contributed by atoms with Gasteiger partial charge < -0.3 is 20.6 Å². The second kappa shape index (κ2) is 11.5. The minimum absolute atomic E-state index is 0.0799. The Kier molecular flexibility index (Phi) is 10.4. The Morgan fingerprint density at radius 2 is 1.50 bits per heavy atom. The maximum Gasteiger partial charge on any atom is 0.305 e. The number of rotatable bonds is 11. The van der Waals surface area contributed by atoms with E-state index in [0.29, 0.717) is 19.4 Å². The summed E-state index contributed by atoms with van der Waals surface area (Å²) in [6.07, 6.45) is 2.28. The van der Waals surface area contributed by atoms with E-state index in [4.69, 9.17) is 5.11 Å². The molecule has 126 valence electrons. The van der Waals surface area contributed by atoms with E-state index < -0.39 is 5.97 Å². The molecule has 0 bridgehead atoms.